The number of benzene rings is 1. The maximum Gasteiger partial charge on any atom is 0.324 e. The summed E-state index contributed by atoms with van der Waals surface area (Å²) >= 11 is 13.6. The van der Waals surface area contributed by atoms with E-state index in [1.54, 1.807) is 23.1 Å². The summed E-state index contributed by atoms with van der Waals surface area (Å²) in [6, 6.07) is 6.26. The molecule has 3 N–H and O–H groups in total. The number of carbonyl (C=O) groups is 3. The lowest BCUT2D eigenvalue weighted by atomic mass is 9.90. The van der Waals surface area contributed by atoms with E-state index in [9.17, 15) is 14.4 Å². The van der Waals surface area contributed by atoms with Gasteiger partial charge in [-0.05, 0) is 36.5 Å². The second kappa shape index (κ2) is 9.40. The number of rotatable bonds is 3. The zero-order valence-electron chi connectivity index (χ0n) is 19.4. The molecule has 4 rings (SSSR count). The van der Waals surface area contributed by atoms with Crippen molar-refractivity contribution in [3.8, 4) is 0 Å². The summed E-state index contributed by atoms with van der Waals surface area (Å²) in [6.45, 7) is 7.01. The number of anilines is 2. The first-order valence-electron chi connectivity index (χ1n) is 11.3. The Morgan fingerprint density at radius 3 is 2.53 bits per heavy atom. The van der Waals surface area contributed by atoms with Gasteiger partial charge >= 0.3 is 6.03 Å². The van der Waals surface area contributed by atoms with E-state index in [0.717, 1.165) is 17.7 Å². The number of nitrogens with zero attached hydrogens (tertiary/aromatic N) is 1. The molecule has 4 amide bonds. The van der Waals surface area contributed by atoms with Crippen LogP contribution in [0.3, 0.4) is 0 Å². The Kier molecular flexibility index (Phi) is 6.86. The minimum Gasteiger partial charge on any atom is -0.352 e. The van der Waals surface area contributed by atoms with E-state index in [4.69, 9.17) is 23.2 Å². The molecule has 0 atom stereocenters. The predicted molar refractivity (Wildman–Crippen MR) is 137 cm³/mol. The van der Waals surface area contributed by atoms with E-state index in [1.807, 2.05) is 6.07 Å². The van der Waals surface area contributed by atoms with E-state index in [1.165, 1.54) is 11.3 Å². The monoisotopic (exact) mass is 522 g/mol. The van der Waals surface area contributed by atoms with Crippen LogP contribution in [0.2, 0.25) is 10.0 Å². The molecule has 34 heavy (non-hydrogen) atoms. The van der Waals surface area contributed by atoms with E-state index >= 15 is 0 Å². The number of thiophene rings is 1. The van der Waals surface area contributed by atoms with Crippen LogP contribution in [-0.2, 0) is 10.2 Å². The first kappa shape index (κ1) is 24.8. The van der Waals surface area contributed by atoms with Crippen LogP contribution in [0.5, 0.6) is 0 Å². The molecule has 1 aliphatic carbocycles. The highest BCUT2D eigenvalue weighted by molar-refractivity contribution is 7.16. The van der Waals surface area contributed by atoms with Crippen molar-refractivity contribution in [2.75, 3.05) is 23.7 Å². The number of hydrogen-bond donors (Lipinski definition) is 3. The molecule has 10 heteroatoms. The van der Waals surface area contributed by atoms with Gasteiger partial charge in [0, 0.05) is 18.0 Å². The van der Waals surface area contributed by atoms with Gasteiger partial charge in [-0.1, -0.05) is 62.9 Å². The third-order valence-electron chi connectivity index (χ3n) is 6.36. The van der Waals surface area contributed by atoms with Gasteiger partial charge in [0.15, 0.2) is 0 Å². The van der Waals surface area contributed by atoms with E-state index in [0.29, 0.717) is 47.2 Å². The summed E-state index contributed by atoms with van der Waals surface area (Å²) in [5, 5.41) is 9.45. The van der Waals surface area contributed by atoms with Crippen LogP contribution in [0.25, 0.3) is 0 Å². The SMILES string of the molecule is CC(C)(C)c1cc(C(=O)N2CCNC(=O)C23CCCC3)c(NC(=O)Nc2cccc(Cl)c2Cl)s1. The molecule has 182 valence electrons. The lowest BCUT2D eigenvalue weighted by Crippen LogP contribution is -2.65. The van der Waals surface area contributed by atoms with Gasteiger partial charge in [0.25, 0.3) is 5.91 Å². The maximum absolute atomic E-state index is 13.8. The predicted octanol–water partition coefficient (Wildman–Crippen LogP) is 5.88. The van der Waals surface area contributed by atoms with E-state index in [2.05, 4.69) is 36.7 Å². The lowest BCUT2D eigenvalue weighted by molar-refractivity contribution is -0.134. The van der Waals surface area contributed by atoms with Gasteiger partial charge in [-0.2, -0.15) is 0 Å². The van der Waals surface area contributed by atoms with Gasteiger partial charge in [0.05, 0.1) is 21.3 Å². The zero-order chi connectivity index (χ0) is 24.7. The Morgan fingerprint density at radius 1 is 1.15 bits per heavy atom. The van der Waals surface area contributed by atoms with Crippen molar-refractivity contribution in [1.82, 2.24) is 10.2 Å². The van der Waals surface area contributed by atoms with Crippen LogP contribution in [-0.4, -0.2) is 41.4 Å². The third kappa shape index (κ3) is 4.63. The number of carbonyl (C=O) groups excluding carboxylic acids is 3. The number of nitrogens with one attached hydrogen (secondary N) is 3. The number of piperazine rings is 1. The van der Waals surface area contributed by atoms with E-state index in [-0.39, 0.29) is 22.3 Å². The van der Waals surface area contributed by atoms with Crippen LogP contribution in [0.1, 0.15) is 61.7 Å². The molecule has 7 nitrogen and oxygen atoms in total. The van der Waals surface area contributed by atoms with Crippen molar-refractivity contribution in [3.05, 3.63) is 44.8 Å². The Hall–Kier alpha value is -2.29. The third-order valence-corrected chi connectivity index (χ3v) is 8.66. The second-order valence-corrected chi connectivity index (χ2v) is 11.6. The number of hydrogen-bond acceptors (Lipinski definition) is 4. The average Bonchev–Trinajstić information content (AvgIpc) is 3.41. The van der Waals surface area contributed by atoms with Crippen molar-refractivity contribution in [2.24, 2.45) is 0 Å². The zero-order valence-corrected chi connectivity index (χ0v) is 21.7. The smallest absolute Gasteiger partial charge is 0.324 e. The lowest BCUT2D eigenvalue weighted by Gasteiger charge is -2.43. The molecule has 0 bridgehead atoms. The molecule has 2 fully saturated rings. The number of halogens is 2. The molecule has 1 saturated carbocycles. The molecular formula is C24H28Cl2N4O3S. The largest absolute Gasteiger partial charge is 0.352 e. The molecule has 1 spiro atoms. The van der Waals surface area contributed by atoms with Crippen LogP contribution < -0.4 is 16.0 Å². The molecular weight excluding hydrogens is 495 g/mol. The summed E-state index contributed by atoms with van der Waals surface area (Å²) in [5.74, 6) is -0.321. The molecule has 1 aliphatic heterocycles. The van der Waals surface area contributed by atoms with Gasteiger partial charge in [-0.3, -0.25) is 14.9 Å². The van der Waals surface area contributed by atoms with Gasteiger partial charge < -0.3 is 15.5 Å². The van der Waals surface area contributed by atoms with Crippen LogP contribution in [0, 0.1) is 0 Å². The number of amides is 4. The van der Waals surface area contributed by atoms with Gasteiger partial charge in [-0.15, -0.1) is 11.3 Å². The Bertz CT molecular complexity index is 1140. The van der Waals surface area contributed by atoms with Crippen LogP contribution >= 0.6 is 34.5 Å². The summed E-state index contributed by atoms with van der Waals surface area (Å²) in [4.78, 5) is 42.2. The summed E-state index contributed by atoms with van der Waals surface area (Å²) < 4.78 is 0. The molecule has 1 aromatic carbocycles. The second-order valence-electron chi connectivity index (χ2n) is 9.74. The highest BCUT2D eigenvalue weighted by Gasteiger charge is 2.50. The summed E-state index contributed by atoms with van der Waals surface area (Å²) in [6.07, 6.45) is 3.11. The minimum atomic E-state index is -0.812. The Balaban J connectivity index is 1.65. The number of urea groups is 1. The van der Waals surface area contributed by atoms with Gasteiger partial charge in [0.1, 0.15) is 10.5 Å². The fourth-order valence-electron chi connectivity index (χ4n) is 4.55. The van der Waals surface area contributed by atoms with Gasteiger partial charge in [0.2, 0.25) is 5.91 Å². The Labute approximate surface area is 213 Å². The normalized spacial score (nSPS) is 17.6. The molecule has 1 saturated heterocycles. The minimum absolute atomic E-state index is 0.0845. The topological polar surface area (TPSA) is 90.5 Å². The fraction of sp³-hybridized carbons (Fsp3) is 0.458. The standard InChI is InChI=1S/C24H28Cl2N4O3S/c1-23(2,3)17-13-14(20(31)30-12-11-27-21(32)24(30)9-4-5-10-24)19(34-17)29-22(33)28-16-8-6-7-15(25)18(16)26/h6-8,13H,4-5,9-12H2,1-3H3,(H,27,32)(H2,28,29,33). The average molecular weight is 523 g/mol. The quantitative estimate of drug-likeness (QED) is 0.469. The fourth-order valence-corrected chi connectivity index (χ4v) is 6.00. The molecule has 1 aromatic heterocycles. The Morgan fingerprint density at radius 2 is 1.85 bits per heavy atom. The van der Waals surface area contributed by atoms with E-state index < -0.39 is 11.6 Å². The highest BCUT2D eigenvalue weighted by Crippen LogP contribution is 2.41. The van der Waals surface area contributed by atoms with Crippen LogP contribution in [0.15, 0.2) is 24.3 Å². The molecule has 0 unspecified atom stereocenters. The van der Waals surface area contributed by atoms with Crippen molar-refractivity contribution in [1.29, 1.82) is 0 Å². The molecule has 0 radical (unpaired) electrons. The van der Waals surface area contributed by atoms with Gasteiger partial charge in [-0.25, -0.2) is 4.79 Å². The summed E-state index contributed by atoms with van der Waals surface area (Å²) in [7, 11) is 0. The first-order valence-corrected chi connectivity index (χ1v) is 12.9. The van der Waals surface area contributed by atoms with Crippen molar-refractivity contribution in [2.45, 2.75) is 57.4 Å². The van der Waals surface area contributed by atoms with Crippen LogP contribution in [0.4, 0.5) is 15.5 Å². The maximum atomic E-state index is 13.8. The van der Waals surface area contributed by atoms with Crippen molar-refractivity contribution < 1.29 is 14.4 Å². The van der Waals surface area contributed by atoms with Crippen molar-refractivity contribution >= 4 is 63.1 Å². The molecule has 2 aromatic rings. The summed E-state index contributed by atoms with van der Waals surface area (Å²) in [5.41, 5.74) is -0.281. The molecule has 2 aliphatic rings. The van der Waals surface area contributed by atoms with Crippen molar-refractivity contribution in [3.63, 3.8) is 0 Å². The highest BCUT2D eigenvalue weighted by atomic mass is 35.5. The first-order chi connectivity index (χ1) is 16.0. The molecule has 2 heterocycles.